The summed E-state index contributed by atoms with van der Waals surface area (Å²) in [7, 11) is 0. The number of amides is 2. The van der Waals surface area contributed by atoms with E-state index < -0.39 is 0 Å². The Morgan fingerprint density at radius 2 is 1.72 bits per heavy atom. The second-order valence-corrected chi connectivity index (χ2v) is 8.50. The minimum atomic E-state index is -0.326. The molecule has 5 rings (SSSR count). The maximum absolute atomic E-state index is 13.5. The molecule has 0 radical (unpaired) electrons. The molecule has 2 amide bonds. The molecule has 2 heterocycles. The summed E-state index contributed by atoms with van der Waals surface area (Å²) in [5.74, 6) is 0.0581. The summed E-state index contributed by atoms with van der Waals surface area (Å²) < 4.78 is 20.8. The Labute approximate surface area is 208 Å². The van der Waals surface area contributed by atoms with Gasteiger partial charge in [-0.1, -0.05) is 18.2 Å². The van der Waals surface area contributed by atoms with Crippen LogP contribution in [0.25, 0.3) is 16.9 Å². The van der Waals surface area contributed by atoms with Gasteiger partial charge in [-0.25, -0.2) is 9.07 Å². The lowest BCUT2D eigenvalue weighted by Gasteiger charge is -2.16. The van der Waals surface area contributed by atoms with Gasteiger partial charge in [0.2, 0.25) is 5.91 Å². The highest BCUT2D eigenvalue weighted by atomic mass is 19.1. The molecule has 0 bridgehead atoms. The highest BCUT2D eigenvalue weighted by Crippen LogP contribution is 2.25. The van der Waals surface area contributed by atoms with Crippen LogP contribution in [0, 0.1) is 5.82 Å². The Hall–Kier alpha value is -4.46. The topological polar surface area (TPSA) is 76.5 Å². The first-order chi connectivity index (χ1) is 17.6. The number of benzene rings is 3. The summed E-state index contributed by atoms with van der Waals surface area (Å²) in [4.78, 5) is 26.2. The molecule has 0 aliphatic carbocycles. The number of anilines is 1. The third-order valence-corrected chi connectivity index (χ3v) is 6.00. The second kappa shape index (κ2) is 10.4. The van der Waals surface area contributed by atoms with Crippen LogP contribution in [0.1, 0.15) is 18.4 Å². The zero-order chi connectivity index (χ0) is 24.9. The Morgan fingerprint density at radius 3 is 2.42 bits per heavy atom. The number of hydrogen-bond donors (Lipinski definition) is 1. The predicted molar refractivity (Wildman–Crippen MR) is 134 cm³/mol. The quantitative estimate of drug-likeness (QED) is 0.400. The van der Waals surface area contributed by atoms with Crippen LogP contribution >= 0.6 is 0 Å². The van der Waals surface area contributed by atoms with Crippen molar-refractivity contribution in [3.05, 3.63) is 96.4 Å². The first-order valence-electron chi connectivity index (χ1n) is 11.8. The second-order valence-electron chi connectivity index (χ2n) is 8.50. The maximum Gasteiger partial charge on any atom is 0.258 e. The van der Waals surface area contributed by atoms with Gasteiger partial charge < -0.3 is 15.0 Å². The fourth-order valence-corrected chi connectivity index (χ4v) is 4.14. The largest absolute Gasteiger partial charge is 0.484 e. The molecule has 0 spiro atoms. The lowest BCUT2D eigenvalue weighted by atomic mass is 10.1. The van der Waals surface area contributed by atoms with Crippen molar-refractivity contribution in [2.24, 2.45) is 0 Å². The molecule has 1 aliphatic rings. The maximum atomic E-state index is 13.5. The van der Waals surface area contributed by atoms with E-state index in [4.69, 9.17) is 4.74 Å². The van der Waals surface area contributed by atoms with Crippen LogP contribution in [0.3, 0.4) is 0 Å². The molecule has 1 saturated heterocycles. The Kier molecular flexibility index (Phi) is 6.75. The minimum Gasteiger partial charge on any atom is -0.484 e. The van der Waals surface area contributed by atoms with E-state index in [0.29, 0.717) is 17.9 Å². The molecule has 3 aromatic carbocycles. The molecule has 0 unspecified atom stereocenters. The van der Waals surface area contributed by atoms with Gasteiger partial charge in [-0.2, -0.15) is 5.10 Å². The SMILES string of the molecule is O=C(COc1ccc(N2CCCC2=O)cc1)NCc1cn(-c2ccccc2)nc1-c1ccc(F)cc1. The van der Waals surface area contributed by atoms with Gasteiger partial charge in [-0.15, -0.1) is 0 Å². The van der Waals surface area contributed by atoms with Crippen molar-refractivity contribution < 1.29 is 18.7 Å². The lowest BCUT2D eigenvalue weighted by molar-refractivity contribution is -0.123. The number of carbonyl (C=O) groups is 2. The zero-order valence-corrected chi connectivity index (χ0v) is 19.6. The summed E-state index contributed by atoms with van der Waals surface area (Å²) in [6, 6.07) is 22.9. The standard InChI is InChI=1S/C28H25FN4O3/c29-22-10-8-20(9-11-22)28-21(18-33(31-28)24-5-2-1-3-6-24)17-30-26(34)19-36-25-14-12-23(13-15-25)32-16-4-7-27(32)35/h1-3,5-6,8-15,18H,4,7,16-17,19H2,(H,30,34). The summed E-state index contributed by atoms with van der Waals surface area (Å²) in [5.41, 5.74) is 3.91. The number of hydrogen-bond acceptors (Lipinski definition) is 4. The first-order valence-corrected chi connectivity index (χ1v) is 11.8. The third-order valence-electron chi connectivity index (χ3n) is 6.00. The van der Waals surface area contributed by atoms with Gasteiger partial charge in [-0.3, -0.25) is 9.59 Å². The molecular formula is C28H25FN4O3. The van der Waals surface area contributed by atoms with E-state index >= 15 is 0 Å². The van der Waals surface area contributed by atoms with Crippen LogP contribution in [0.2, 0.25) is 0 Å². The van der Waals surface area contributed by atoms with Crippen LogP contribution in [0.15, 0.2) is 85.1 Å². The zero-order valence-electron chi connectivity index (χ0n) is 19.6. The average Bonchev–Trinajstić information content (AvgIpc) is 3.54. The number of para-hydroxylation sites is 1. The number of nitrogens with zero attached hydrogens (tertiary/aromatic N) is 3. The number of ether oxygens (including phenoxy) is 1. The van der Waals surface area contributed by atoms with Crippen molar-refractivity contribution in [1.82, 2.24) is 15.1 Å². The summed E-state index contributed by atoms with van der Waals surface area (Å²) in [6.07, 6.45) is 3.30. The first kappa shape index (κ1) is 23.3. The van der Waals surface area contributed by atoms with Gasteiger partial charge in [0.1, 0.15) is 11.6 Å². The number of rotatable bonds is 8. The van der Waals surface area contributed by atoms with E-state index in [-0.39, 0.29) is 30.8 Å². The van der Waals surface area contributed by atoms with E-state index in [9.17, 15) is 14.0 Å². The average molecular weight is 485 g/mol. The van der Waals surface area contributed by atoms with Gasteiger partial charge in [0.25, 0.3) is 5.91 Å². The molecule has 7 nitrogen and oxygen atoms in total. The Balaban J connectivity index is 1.23. The van der Waals surface area contributed by atoms with E-state index in [1.54, 1.807) is 33.8 Å². The molecule has 36 heavy (non-hydrogen) atoms. The van der Waals surface area contributed by atoms with E-state index in [0.717, 1.165) is 35.5 Å². The normalized spacial score (nSPS) is 13.1. The summed E-state index contributed by atoms with van der Waals surface area (Å²) >= 11 is 0. The predicted octanol–water partition coefficient (Wildman–Crippen LogP) is 4.50. The van der Waals surface area contributed by atoms with Crippen LogP contribution < -0.4 is 15.0 Å². The molecule has 182 valence electrons. The lowest BCUT2D eigenvalue weighted by Crippen LogP contribution is -2.28. The molecule has 0 atom stereocenters. The van der Waals surface area contributed by atoms with E-state index in [2.05, 4.69) is 10.4 Å². The summed E-state index contributed by atoms with van der Waals surface area (Å²) in [6.45, 7) is 0.806. The van der Waals surface area contributed by atoms with Crippen molar-refractivity contribution in [3.8, 4) is 22.7 Å². The highest BCUT2D eigenvalue weighted by Gasteiger charge is 2.21. The van der Waals surface area contributed by atoms with Crippen molar-refractivity contribution in [1.29, 1.82) is 0 Å². The Bertz CT molecular complexity index is 1350. The number of halogens is 1. The van der Waals surface area contributed by atoms with Gasteiger partial charge in [0, 0.05) is 42.5 Å². The van der Waals surface area contributed by atoms with Crippen molar-refractivity contribution in [2.75, 3.05) is 18.1 Å². The smallest absolute Gasteiger partial charge is 0.258 e. The van der Waals surface area contributed by atoms with E-state index in [1.165, 1.54) is 12.1 Å². The van der Waals surface area contributed by atoms with E-state index in [1.807, 2.05) is 48.7 Å². The van der Waals surface area contributed by atoms with Crippen LogP contribution in [0.5, 0.6) is 5.75 Å². The number of carbonyl (C=O) groups excluding carboxylic acids is 2. The third kappa shape index (κ3) is 5.27. The number of nitrogens with one attached hydrogen (secondary N) is 1. The monoisotopic (exact) mass is 484 g/mol. The molecule has 1 aliphatic heterocycles. The van der Waals surface area contributed by atoms with Crippen molar-refractivity contribution in [3.63, 3.8) is 0 Å². The molecule has 1 fully saturated rings. The summed E-state index contributed by atoms with van der Waals surface area (Å²) in [5, 5.41) is 7.56. The highest BCUT2D eigenvalue weighted by molar-refractivity contribution is 5.95. The molecule has 1 N–H and O–H groups in total. The van der Waals surface area contributed by atoms with Crippen molar-refractivity contribution in [2.45, 2.75) is 19.4 Å². The fourth-order valence-electron chi connectivity index (χ4n) is 4.14. The molecule has 8 heteroatoms. The van der Waals surface area contributed by atoms with Crippen LogP contribution in [0.4, 0.5) is 10.1 Å². The molecular weight excluding hydrogens is 459 g/mol. The number of aromatic nitrogens is 2. The molecule has 0 saturated carbocycles. The molecule has 1 aromatic heterocycles. The van der Waals surface area contributed by atoms with Crippen molar-refractivity contribution >= 4 is 17.5 Å². The Morgan fingerprint density at radius 1 is 0.972 bits per heavy atom. The fraction of sp³-hybridized carbons (Fsp3) is 0.179. The minimum absolute atomic E-state index is 0.124. The van der Waals surface area contributed by atoms with Gasteiger partial charge >= 0.3 is 0 Å². The van der Waals surface area contributed by atoms with Gasteiger partial charge in [-0.05, 0) is 67.1 Å². The molecule has 4 aromatic rings. The van der Waals surface area contributed by atoms with Crippen LogP contribution in [-0.4, -0.2) is 34.7 Å². The van der Waals surface area contributed by atoms with Crippen LogP contribution in [-0.2, 0) is 16.1 Å². The van der Waals surface area contributed by atoms with Gasteiger partial charge in [0.15, 0.2) is 6.61 Å². The van der Waals surface area contributed by atoms with Gasteiger partial charge in [0.05, 0.1) is 11.4 Å².